The summed E-state index contributed by atoms with van der Waals surface area (Å²) < 4.78 is 13.6. The molecule has 290 valence electrons. The van der Waals surface area contributed by atoms with Crippen molar-refractivity contribution in [2.75, 3.05) is 9.80 Å². The lowest BCUT2D eigenvalue weighted by molar-refractivity contribution is 0.634. The average molecular weight is 793 g/mol. The maximum atomic E-state index is 6.78. The molecule has 13 aromatic rings. The van der Waals surface area contributed by atoms with Crippen LogP contribution in [0.2, 0.25) is 0 Å². The van der Waals surface area contributed by atoms with E-state index in [1.54, 1.807) is 0 Å². The molecule has 0 bridgehead atoms. The van der Waals surface area contributed by atoms with Crippen LogP contribution in [0.3, 0.4) is 0 Å². The molecule has 4 nitrogen and oxygen atoms in total. The van der Waals surface area contributed by atoms with Gasteiger partial charge in [-0.3, -0.25) is 0 Å². The maximum absolute atomic E-state index is 6.78. The zero-order valence-corrected chi connectivity index (χ0v) is 33.5. The van der Waals surface area contributed by atoms with Crippen molar-refractivity contribution in [3.8, 4) is 0 Å². The lowest BCUT2D eigenvalue weighted by Crippen LogP contribution is -2.09. The summed E-state index contributed by atoms with van der Waals surface area (Å²) in [4.78, 5) is 4.64. The molecule has 0 fully saturated rings. The van der Waals surface area contributed by atoms with Crippen LogP contribution in [-0.2, 0) is 0 Å². The Kier molecular flexibility index (Phi) is 7.57. The number of rotatable bonds is 6. The number of hydrogen-bond donors (Lipinski definition) is 0. The predicted molar refractivity (Wildman–Crippen MR) is 260 cm³/mol. The van der Waals surface area contributed by atoms with Gasteiger partial charge in [0.1, 0.15) is 11.2 Å². The Bertz CT molecular complexity index is 3630. The van der Waals surface area contributed by atoms with E-state index in [1.165, 1.54) is 21.5 Å². The van der Waals surface area contributed by atoms with E-state index in [0.717, 1.165) is 99.5 Å². The lowest BCUT2D eigenvalue weighted by atomic mass is 10.0. The van der Waals surface area contributed by atoms with Crippen molar-refractivity contribution >= 4 is 121 Å². The largest absolute Gasteiger partial charge is 0.452 e. The zero-order valence-electron chi connectivity index (χ0n) is 33.5. The van der Waals surface area contributed by atoms with Crippen molar-refractivity contribution in [1.29, 1.82) is 0 Å². The van der Waals surface area contributed by atoms with Gasteiger partial charge < -0.3 is 18.6 Å². The average Bonchev–Trinajstić information content (AvgIpc) is 3.88. The molecule has 0 aliphatic heterocycles. The highest BCUT2D eigenvalue weighted by atomic mass is 16.4. The monoisotopic (exact) mass is 792 g/mol. The van der Waals surface area contributed by atoms with Crippen LogP contribution in [0, 0.1) is 0 Å². The normalized spacial score (nSPS) is 11.9. The number of furan rings is 2. The van der Waals surface area contributed by atoms with Crippen molar-refractivity contribution in [1.82, 2.24) is 0 Å². The third-order valence-electron chi connectivity index (χ3n) is 12.5. The molecule has 62 heavy (non-hydrogen) atoms. The molecule has 0 unspecified atom stereocenters. The van der Waals surface area contributed by atoms with E-state index < -0.39 is 0 Å². The molecule has 2 aromatic heterocycles. The standard InChI is InChI=1S/C58H36N2O2/c1-3-15-45(16-4-1)59(47-23-19-37-11-7-9-13-39(37)29-47)49-25-21-41-33-53-51-27-28-52-54-34-42-22-26-50(32-44(42)36-56(54)62-58(52)57(51)61-55(53)35-43(41)31-49)60(46-17-5-2-6-18-46)48-24-20-38-12-8-10-14-40(38)30-48/h1-36H. The van der Waals surface area contributed by atoms with Gasteiger partial charge in [-0.15, -0.1) is 0 Å². The van der Waals surface area contributed by atoms with Crippen LogP contribution >= 0.6 is 0 Å². The molecule has 0 radical (unpaired) electrons. The minimum atomic E-state index is 0.766. The van der Waals surface area contributed by atoms with Crippen molar-refractivity contribution < 1.29 is 8.83 Å². The van der Waals surface area contributed by atoms with Crippen LogP contribution in [0.25, 0.3) is 87.0 Å². The summed E-state index contributed by atoms with van der Waals surface area (Å²) in [7, 11) is 0. The van der Waals surface area contributed by atoms with E-state index in [0.29, 0.717) is 0 Å². The van der Waals surface area contributed by atoms with E-state index in [-0.39, 0.29) is 0 Å². The summed E-state index contributed by atoms with van der Waals surface area (Å²) in [6.45, 7) is 0. The lowest BCUT2D eigenvalue weighted by Gasteiger charge is -2.26. The Balaban J connectivity index is 0.922. The Labute approximate surface area is 356 Å². The first-order valence-electron chi connectivity index (χ1n) is 21.1. The molecular weight excluding hydrogens is 757 g/mol. The first-order chi connectivity index (χ1) is 30.7. The van der Waals surface area contributed by atoms with Gasteiger partial charge in [0.2, 0.25) is 0 Å². The van der Waals surface area contributed by atoms with Gasteiger partial charge in [-0.1, -0.05) is 109 Å². The summed E-state index contributed by atoms with van der Waals surface area (Å²) >= 11 is 0. The molecule has 0 N–H and O–H groups in total. The number of benzene rings is 11. The number of para-hydroxylation sites is 2. The van der Waals surface area contributed by atoms with Gasteiger partial charge in [0.25, 0.3) is 0 Å². The van der Waals surface area contributed by atoms with Crippen molar-refractivity contribution in [2.24, 2.45) is 0 Å². The predicted octanol–water partition coefficient (Wildman–Crippen LogP) is 17.0. The third kappa shape index (κ3) is 5.54. The number of anilines is 6. The van der Waals surface area contributed by atoms with Gasteiger partial charge in [0.05, 0.1) is 0 Å². The minimum Gasteiger partial charge on any atom is -0.452 e. The van der Waals surface area contributed by atoms with Gasteiger partial charge in [0.15, 0.2) is 11.2 Å². The Morgan fingerprint density at radius 1 is 0.226 bits per heavy atom. The van der Waals surface area contributed by atoms with Gasteiger partial charge in [-0.25, -0.2) is 0 Å². The number of hydrogen-bond acceptors (Lipinski definition) is 4. The highest BCUT2D eigenvalue weighted by Crippen LogP contribution is 2.44. The minimum absolute atomic E-state index is 0.766. The second-order valence-corrected chi connectivity index (χ2v) is 16.2. The van der Waals surface area contributed by atoms with Crippen LogP contribution in [0.4, 0.5) is 34.1 Å². The van der Waals surface area contributed by atoms with Crippen LogP contribution in [0.1, 0.15) is 0 Å². The molecule has 2 heterocycles. The van der Waals surface area contributed by atoms with E-state index in [1.807, 2.05) is 0 Å². The Morgan fingerprint density at radius 3 is 0.984 bits per heavy atom. The highest BCUT2D eigenvalue weighted by molar-refractivity contribution is 6.21. The molecule has 13 rings (SSSR count). The van der Waals surface area contributed by atoms with E-state index >= 15 is 0 Å². The van der Waals surface area contributed by atoms with E-state index in [9.17, 15) is 0 Å². The SMILES string of the molecule is c1ccc(N(c2ccc3ccccc3c2)c2ccc3cc4c(cc3c2)oc2c4ccc3c4cc5ccc(N(c6ccccc6)c6ccc7ccccc7c6)cc5cc4oc32)cc1. The maximum Gasteiger partial charge on any atom is 0.178 e. The fraction of sp³-hybridized carbons (Fsp3) is 0. The summed E-state index contributed by atoms with van der Waals surface area (Å²) in [5.41, 5.74) is 9.76. The topological polar surface area (TPSA) is 32.8 Å². The Morgan fingerprint density at radius 2 is 0.565 bits per heavy atom. The van der Waals surface area contributed by atoms with E-state index in [2.05, 4.69) is 228 Å². The summed E-state index contributed by atoms with van der Waals surface area (Å²) in [5.74, 6) is 0. The van der Waals surface area contributed by atoms with Gasteiger partial charge in [-0.05, 0) is 152 Å². The second-order valence-electron chi connectivity index (χ2n) is 16.2. The summed E-state index contributed by atoms with van der Waals surface area (Å²) in [6.07, 6.45) is 0. The quantitative estimate of drug-likeness (QED) is 0.168. The molecule has 0 spiro atoms. The highest BCUT2D eigenvalue weighted by Gasteiger charge is 2.20. The third-order valence-corrected chi connectivity index (χ3v) is 12.5. The Hall–Kier alpha value is -8.34. The van der Waals surface area contributed by atoms with Crippen LogP contribution in [0.15, 0.2) is 227 Å². The van der Waals surface area contributed by atoms with E-state index in [4.69, 9.17) is 8.83 Å². The smallest absolute Gasteiger partial charge is 0.178 e. The summed E-state index contributed by atoms with van der Waals surface area (Å²) in [6, 6.07) is 78.1. The molecule has 0 aliphatic rings. The zero-order chi connectivity index (χ0) is 40.7. The number of nitrogens with zero attached hydrogens (tertiary/aromatic N) is 2. The molecule has 0 atom stereocenters. The molecular formula is C58H36N2O2. The second kappa shape index (κ2) is 13.6. The van der Waals surface area contributed by atoms with Crippen molar-refractivity contribution in [2.45, 2.75) is 0 Å². The molecule has 4 heteroatoms. The molecule has 0 saturated heterocycles. The fourth-order valence-electron chi connectivity index (χ4n) is 9.49. The van der Waals surface area contributed by atoms with Gasteiger partial charge in [-0.2, -0.15) is 0 Å². The van der Waals surface area contributed by atoms with Crippen LogP contribution in [-0.4, -0.2) is 0 Å². The van der Waals surface area contributed by atoms with Gasteiger partial charge >= 0.3 is 0 Å². The molecule has 0 aliphatic carbocycles. The fourth-order valence-corrected chi connectivity index (χ4v) is 9.49. The molecule has 0 amide bonds. The van der Waals surface area contributed by atoms with Gasteiger partial charge in [0, 0.05) is 55.7 Å². The van der Waals surface area contributed by atoms with Crippen molar-refractivity contribution in [3.63, 3.8) is 0 Å². The van der Waals surface area contributed by atoms with Crippen LogP contribution in [0.5, 0.6) is 0 Å². The molecule has 11 aromatic carbocycles. The van der Waals surface area contributed by atoms with Crippen LogP contribution < -0.4 is 9.80 Å². The number of fused-ring (bicyclic) bond motifs is 11. The molecule has 0 saturated carbocycles. The first kappa shape index (κ1) is 34.5. The first-order valence-corrected chi connectivity index (χ1v) is 21.1. The summed E-state index contributed by atoms with van der Waals surface area (Å²) in [5, 5.41) is 13.6. The van der Waals surface area contributed by atoms with Crippen molar-refractivity contribution in [3.05, 3.63) is 218 Å².